The van der Waals surface area contributed by atoms with Crippen molar-refractivity contribution in [3.05, 3.63) is 72.1 Å². The summed E-state index contributed by atoms with van der Waals surface area (Å²) < 4.78 is 0. The van der Waals surface area contributed by atoms with E-state index in [0.717, 1.165) is 32.9 Å². The summed E-state index contributed by atoms with van der Waals surface area (Å²) in [4.78, 5) is 60.3. The molecule has 3 amide bonds. The van der Waals surface area contributed by atoms with Gasteiger partial charge in [-0.05, 0) is 48.4 Å². The SMILES string of the molecule is CC(C)C(NC(=O)C(N)Cc1c[nH]c2ccccc12)C(=O)NC(Cc1c[nH]c2ccccc12)C(=O)N1CCCC1C(=O)O. The number of nitrogens with zero attached hydrogens (tertiary/aromatic N) is 1. The Morgan fingerprint density at radius 2 is 1.49 bits per heavy atom. The number of amides is 3. The lowest BCUT2D eigenvalue weighted by atomic mass is 9.99. The topological polar surface area (TPSA) is 173 Å². The van der Waals surface area contributed by atoms with Gasteiger partial charge in [-0.2, -0.15) is 0 Å². The number of carbonyl (C=O) groups excluding carboxylic acids is 3. The summed E-state index contributed by atoms with van der Waals surface area (Å²) in [5, 5.41) is 17.2. The van der Waals surface area contributed by atoms with Crippen molar-refractivity contribution in [2.24, 2.45) is 11.7 Å². The van der Waals surface area contributed by atoms with E-state index in [1.807, 2.05) is 54.7 Å². The lowest BCUT2D eigenvalue weighted by Crippen LogP contribution is -2.59. The fraction of sp³-hybridized carbons (Fsp3) is 0.375. The standard InChI is InChI=1S/C32H38N6O5/c1-18(2)28(37-29(39)23(33)14-19-16-34-24-10-5-3-8-21(19)24)30(40)36-26(31(41)38-13-7-12-27(38)32(42)43)15-20-17-35-25-11-6-4-9-22(20)25/h3-6,8-11,16-18,23,26-28,34-35H,7,12-15,33H2,1-2H3,(H,36,40)(H,37,39)(H,42,43). The molecule has 1 saturated heterocycles. The largest absolute Gasteiger partial charge is 0.480 e. The minimum Gasteiger partial charge on any atom is -0.480 e. The third kappa shape index (κ3) is 6.41. The van der Waals surface area contributed by atoms with Gasteiger partial charge in [-0.15, -0.1) is 0 Å². The first-order valence-electron chi connectivity index (χ1n) is 14.6. The van der Waals surface area contributed by atoms with Crippen molar-refractivity contribution in [2.45, 2.75) is 63.7 Å². The molecule has 4 atom stereocenters. The van der Waals surface area contributed by atoms with E-state index in [9.17, 15) is 24.3 Å². The minimum atomic E-state index is -1.07. The Kier molecular flexibility index (Phi) is 8.81. The molecule has 5 rings (SSSR count). The lowest BCUT2D eigenvalue weighted by Gasteiger charge is -2.30. The van der Waals surface area contributed by atoms with Crippen LogP contribution in [0.2, 0.25) is 0 Å². The Morgan fingerprint density at radius 3 is 2.07 bits per heavy atom. The highest BCUT2D eigenvalue weighted by Crippen LogP contribution is 2.23. The van der Waals surface area contributed by atoms with Crippen LogP contribution in [0.1, 0.15) is 37.8 Å². The van der Waals surface area contributed by atoms with Gasteiger partial charge in [0.05, 0.1) is 6.04 Å². The second kappa shape index (κ2) is 12.7. The van der Waals surface area contributed by atoms with E-state index in [0.29, 0.717) is 19.4 Å². The number of nitrogens with two attached hydrogens (primary N) is 1. The number of rotatable bonds is 11. The first-order valence-corrected chi connectivity index (χ1v) is 14.6. The number of carboxylic acid groups (broad SMARTS) is 1. The highest BCUT2D eigenvalue weighted by atomic mass is 16.4. The molecule has 2 aromatic carbocycles. The van der Waals surface area contributed by atoms with Crippen LogP contribution >= 0.6 is 0 Å². The molecule has 11 heteroatoms. The van der Waals surface area contributed by atoms with Gasteiger partial charge in [0.25, 0.3) is 0 Å². The average molecular weight is 587 g/mol. The summed E-state index contributed by atoms with van der Waals surface area (Å²) in [7, 11) is 0. The number of hydrogen-bond donors (Lipinski definition) is 6. The number of nitrogens with one attached hydrogen (secondary N) is 4. The van der Waals surface area contributed by atoms with Crippen LogP contribution in [0.25, 0.3) is 21.8 Å². The minimum absolute atomic E-state index is 0.149. The zero-order chi connectivity index (χ0) is 30.7. The van der Waals surface area contributed by atoms with E-state index < -0.39 is 47.9 Å². The smallest absolute Gasteiger partial charge is 0.326 e. The molecule has 1 aliphatic rings. The Morgan fingerprint density at radius 1 is 0.907 bits per heavy atom. The van der Waals surface area contributed by atoms with Crippen molar-refractivity contribution in [3.8, 4) is 0 Å². The van der Waals surface area contributed by atoms with Gasteiger partial charge in [0.2, 0.25) is 17.7 Å². The number of para-hydroxylation sites is 2. The molecular weight excluding hydrogens is 548 g/mol. The Hall–Kier alpha value is -4.64. The van der Waals surface area contributed by atoms with Crippen molar-refractivity contribution in [3.63, 3.8) is 0 Å². The molecule has 0 aliphatic carbocycles. The fourth-order valence-electron chi connectivity index (χ4n) is 5.89. The second-order valence-corrected chi connectivity index (χ2v) is 11.6. The van der Waals surface area contributed by atoms with Crippen LogP contribution in [0.4, 0.5) is 0 Å². The highest BCUT2D eigenvalue weighted by Gasteiger charge is 2.39. The molecule has 4 aromatic rings. The average Bonchev–Trinajstić information content (AvgIpc) is 3.74. The molecule has 0 saturated carbocycles. The number of likely N-dealkylation sites (tertiary alicyclic amines) is 1. The van der Waals surface area contributed by atoms with Crippen LogP contribution in [0.3, 0.4) is 0 Å². The van der Waals surface area contributed by atoms with Gasteiger partial charge < -0.3 is 36.3 Å². The van der Waals surface area contributed by atoms with Crippen molar-refractivity contribution in [1.29, 1.82) is 0 Å². The normalized spacial score (nSPS) is 17.2. The molecule has 7 N–H and O–H groups in total. The van der Waals surface area contributed by atoms with Crippen LogP contribution in [0.5, 0.6) is 0 Å². The number of fused-ring (bicyclic) bond motifs is 2. The van der Waals surface area contributed by atoms with E-state index in [1.54, 1.807) is 20.0 Å². The molecule has 1 aliphatic heterocycles. The molecule has 2 aromatic heterocycles. The number of carbonyl (C=O) groups is 4. The zero-order valence-corrected chi connectivity index (χ0v) is 24.3. The van der Waals surface area contributed by atoms with E-state index in [1.165, 1.54) is 4.90 Å². The maximum atomic E-state index is 13.8. The van der Waals surface area contributed by atoms with E-state index in [-0.39, 0.29) is 18.8 Å². The fourth-order valence-corrected chi connectivity index (χ4v) is 5.89. The number of carboxylic acids is 1. The van der Waals surface area contributed by atoms with Crippen LogP contribution in [-0.4, -0.2) is 74.4 Å². The summed E-state index contributed by atoms with van der Waals surface area (Å²) in [6.07, 6.45) is 4.96. The maximum Gasteiger partial charge on any atom is 0.326 e. The summed E-state index contributed by atoms with van der Waals surface area (Å²) in [5.74, 6) is -2.87. The quantitative estimate of drug-likeness (QED) is 0.157. The van der Waals surface area contributed by atoms with Gasteiger partial charge in [-0.1, -0.05) is 50.2 Å². The van der Waals surface area contributed by atoms with Crippen molar-refractivity contribution >= 4 is 45.5 Å². The van der Waals surface area contributed by atoms with Crippen LogP contribution in [0.15, 0.2) is 60.9 Å². The highest BCUT2D eigenvalue weighted by molar-refractivity contribution is 5.95. The van der Waals surface area contributed by atoms with Crippen molar-refractivity contribution in [1.82, 2.24) is 25.5 Å². The molecule has 0 spiro atoms. The van der Waals surface area contributed by atoms with E-state index in [4.69, 9.17) is 5.73 Å². The van der Waals surface area contributed by atoms with Gasteiger partial charge in [0, 0.05) is 47.2 Å². The second-order valence-electron chi connectivity index (χ2n) is 11.6. The first kappa shape index (κ1) is 29.8. The van der Waals surface area contributed by atoms with Crippen molar-refractivity contribution in [2.75, 3.05) is 6.54 Å². The molecule has 3 heterocycles. The molecule has 0 radical (unpaired) electrons. The molecule has 4 unspecified atom stereocenters. The molecule has 1 fully saturated rings. The predicted octanol–water partition coefficient (Wildman–Crippen LogP) is 2.46. The lowest BCUT2D eigenvalue weighted by molar-refractivity contribution is -0.149. The van der Waals surface area contributed by atoms with Crippen LogP contribution < -0.4 is 16.4 Å². The third-order valence-corrected chi connectivity index (χ3v) is 8.23. The Balaban J connectivity index is 1.33. The molecule has 43 heavy (non-hydrogen) atoms. The van der Waals surface area contributed by atoms with Crippen molar-refractivity contribution < 1.29 is 24.3 Å². The maximum absolute atomic E-state index is 13.8. The predicted molar refractivity (Wildman–Crippen MR) is 163 cm³/mol. The number of aromatic nitrogens is 2. The number of benzene rings is 2. The zero-order valence-electron chi connectivity index (χ0n) is 24.3. The van der Waals surface area contributed by atoms with Gasteiger partial charge in [0.15, 0.2) is 0 Å². The first-order chi connectivity index (χ1) is 20.6. The molecular formula is C32H38N6O5. The number of aromatic amines is 2. The molecule has 0 bridgehead atoms. The Bertz CT molecular complexity index is 1640. The van der Waals surface area contributed by atoms with Crippen LogP contribution in [0, 0.1) is 5.92 Å². The summed E-state index contributed by atoms with van der Waals surface area (Å²) in [5.41, 5.74) is 9.82. The monoisotopic (exact) mass is 586 g/mol. The van der Waals surface area contributed by atoms with Gasteiger partial charge >= 0.3 is 5.97 Å². The number of H-pyrrole nitrogens is 2. The summed E-state index contributed by atoms with van der Waals surface area (Å²) in [6, 6.07) is 11.5. The summed E-state index contributed by atoms with van der Waals surface area (Å²) >= 11 is 0. The molecule has 226 valence electrons. The van der Waals surface area contributed by atoms with E-state index in [2.05, 4.69) is 20.6 Å². The summed E-state index contributed by atoms with van der Waals surface area (Å²) in [6.45, 7) is 3.89. The molecule has 11 nitrogen and oxygen atoms in total. The van der Waals surface area contributed by atoms with Gasteiger partial charge in [0.1, 0.15) is 18.1 Å². The van der Waals surface area contributed by atoms with E-state index >= 15 is 0 Å². The third-order valence-electron chi connectivity index (χ3n) is 8.23. The van der Waals surface area contributed by atoms with Gasteiger partial charge in [-0.25, -0.2) is 4.79 Å². The Labute approximate surface area is 249 Å². The van der Waals surface area contributed by atoms with Gasteiger partial charge in [-0.3, -0.25) is 14.4 Å². The van der Waals surface area contributed by atoms with Crippen LogP contribution in [-0.2, 0) is 32.0 Å². The number of hydrogen-bond acceptors (Lipinski definition) is 5. The number of aliphatic carboxylic acids is 1.